The lowest BCUT2D eigenvalue weighted by Crippen LogP contribution is -2.33. The maximum atomic E-state index is 11.2. The quantitative estimate of drug-likeness (QED) is 0.513. The van der Waals surface area contributed by atoms with Gasteiger partial charge in [0.15, 0.2) is 11.5 Å². The van der Waals surface area contributed by atoms with Crippen LogP contribution in [0.2, 0.25) is 5.02 Å². The zero-order chi connectivity index (χ0) is 21.5. The van der Waals surface area contributed by atoms with Crippen LogP contribution >= 0.6 is 23.4 Å². The number of ether oxygens (including phenoxy) is 3. The van der Waals surface area contributed by atoms with Crippen LogP contribution in [0.15, 0.2) is 36.4 Å². The summed E-state index contributed by atoms with van der Waals surface area (Å²) in [6, 6.07) is 11.1. The Kier molecular flexibility index (Phi) is 8.13. The molecule has 3 rings (SSSR count). The molecule has 1 aliphatic heterocycles. The Bertz CT molecular complexity index is 861. The number of hydrogen-bond donors (Lipinski definition) is 2. The molecule has 1 aliphatic rings. The minimum Gasteiger partial charge on any atom is -0.493 e. The summed E-state index contributed by atoms with van der Waals surface area (Å²) in [7, 11) is 1.55. The summed E-state index contributed by atoms with van der Waals surface area (Å²) in [4.78, 5) is 11.2. The highest BCUT2D eigenvalue weighted by Gasteiger charge is 2.31. The van der Waals surface area contributed by atoms with Crippen LogP contribution in [-0.4, -0.2) is 43.2 Å². The Balaban J connectivity index is 1.57. The third-order valence-electron chi connectivity index (χ3n) is 4.70. The van der Waals surface area contributed by atoms with Crippen molar-refractivity contribution in [2.24, 2.45) is 0 Å². The number of halogens is 1. The third kappa shape index (κ3) is 5.74. The Labute approximate surface area is 185 Å². The SMILES string of the molecule is CCCc1ccc(OCCOc2c(Cl)cc(C3NC(C(=O)O)CS3)cc2OC)cc1. The number of rotatable bonds is 10. The lowest BCUT2D eigenvalue weighted by atomic mass is 10.1. The second-order valence-electron chi connectivity index (χ2n) is 6.90. The van der Waals surface area contributed by atoms with Gasteiger partial charge in [0.05, 0.1) is 17.5 Å². The van der Waals surface area contributed by atoms with Crippen LogP contribution in [0.3, 0.4) is 0 Å². The van der Waals surface area contributed by atoms with Crippen LogP contribution in [0, 0.1) is 0 Å². The summed E-state index contributed by atoms with van der Waals surface area (Å²) in [5.41, 5.74) is 2.14. The van der Waals surface area contributed by atoms with Gasteiger partial charge >= 0.3 is 5.97 Å². The van der Waals surface area contributed by atoms with Crippen LogP contribution in [0.1, 0.15) is 29.8 Å². The highest BCUT2D eigenvalue weighted by molar-refractivity contribution is 7.99. The molecule has 2 aromatic carbocycles. The standard InChI is InChI=1S/C22H26ClNO5S/c1-3-4-14-5-7-16(8-6-14)28-9-10-29-20-17(23)11-15(12-19(20)27-2)21-24-18(13-30-21)22(25)26/h5-8,11-12,18,21,24H,3-4,9-10,13H2,1-2H3,(H,25,26). The second kappa shape index (κ2) is 10.8. The average Bonchev–Trinajstić information content (AvgIpc) is 3.24. The topological polar surface area (TPSA) is 77.0 Å². The maximum absolute atomic E-state index is 11.2. The first-order valence-electron chi connectivity index (χ1n) is 9.84. The van der Waals surface area contributed by atoms with Gasteiger partial charge in [0, 0.05) is 5.75 Å². The van der Waals surface area contributed by atoms with Gasteiger partial charge in [0.1, 0.15) is 25.0 Å². The number of hydrogen-bond acceptors (Lipinski definition) is 6. The molecule has 2 atom stereocenters. The van der Waals surface area contributed by atoms with Crippen molar-refractivity contribution in [3.63, 3.8) is 0 Å². The van der Waals surface area contributed by atoms with Crippen LogP contribution in [0.25, 0.3) is 0 Å². The van der Waals surface area contributed by atoms with Gasteiger partial charge in [-0.3, -0.25) is 10.1 Å². The Hall–Kier alpha value is -2.09. The molecule has 0 amide bonds. The van der Waals surface area contributed by atoms with Crippen molar-refractivity contribution in [3.8, 4) is 17.2 Å². The second-order valence-corrected chi connectivity index (χ2v) is 8.44. The zero-order valence-corrected chi connectivity index (χ0v) is 18.6. The molecule has 0 saturated carbocycles. The number of nitrogens with one attached hydrogen (secondary N) is 1. The average molecular weight is 452 g/mol. The number of carbonyl (C=O) groups is 1. The highest BCUT2D eigenvalue weighted by atomic mass is 35.5. The molecule has 30 heavy (non-hydrogen) atoms. The van der Waals surface area contributed by atoms with Gasteiger partial charge in [-0.1, -0.05) is 37.1 Å². The number of aliphatic carboxylic acids is 1. The van der Waals surface area contributed by atoms with Gasteiger partial charge in [-0.05, 0) is 41.8 Å². The van der Waals surface area contributed by atoms with E-state index in [-0.39, 0.29) is 5.37 Å². The van der Waals surface area contributed by atoms with E-state index in [1.165, 1.54) is 17.3 Å². The van der Waals surface area contributed by atoms with Crippen molar-refractivity contribution in [1.82, 2.24) is 5.32 Å². The third-order valence-corrected chi connectivity index (χ3v) is 6.24. The zero-order valence-electron chi connectivity index (χ0n) is 17.0. The van der Waals surface area contributed by atoms with Crippen LogP contribution in [-0.2, 0) is 11.2 Å². The minimum absolute atomic E-state index is 0.162. The number of aryl methyl sites for hydroxylation is 1. The lowest BCUT2D eigenvalue weighted by molar-refractivity contribution is -0.138. The number of carboxylic acids is 1. The fourth-order valence-corrected chi connectivity index (χ4v) is 4.67. The number of methoxy groups -OCH3 is 1. The largest absolute Gasteiger partial charge is 0.493 e. The molecule has 8 heteroatoms. The molecule has 6 nitrogen and oxygen atoms in total. The Morgan fingerprint density at radius 3 is 2.60 bits per heavy atom. The van der Waals surface area contributed by atoms with Crippen molar-refractivity contribution >= 4 is 29.3 Å². The van der Waals surface area contributed by atoms with Crippen LogP contribution in [0.5, 0.6) is 17.2 Å². The molecular weight excluding hydrogens is 426 g/mol. The van der Waals surface area contributed by atoms with E-state index < -0.39 is 12.0 Å². The number of thioether (sulfide) groups is 1. The molecule has 1 saturated heterocycles. The van der Waals surface area contributed by atoms with E-state index in [1.807, 2.05) is 18.2 Å². The molecule has 162 valence electrons. The van der Waals surface area contributed by atoms with E-state index in [2.05, 4.69) is 24.4 Å². The molecule has 0 aliphatic carbocycles. The molecular formula is C22H26ClNO5S. The predicted octanol–water partition coefficient (Wildman–Crippen LogP) is 4.55. The molecule has 1 fully saturated rings. The number of benzene rings is 2. The van der Waals surface area contributed by atoms with E-state index in [9.17, 15) is 4.79 Å². The molecule has 1 heterocycles. The van der Waals surface area contributed by atoms with Crippen molar-refractivity contribution in [2.45, 2.75) is 31.2 Å². The highest BCUT2D eigenvalue weighted by Crippen LogP contribution is 2.41. The van der Waals surface area contributed by atoms with Gasteiger partial charge in [-0.2, -0.15) is 0 Å². The summed E-state index contributed by atoms with van der Waals surface area (Å²) < 4.78 is 17.0. The van der Waals surface area contributed by atoms with E-state index in [1.54, 1.807) is 13.2 Å². The molecule has 0 radical (unpaired) electrons. The fraction of sp³-hybridized carbons (Fsp3) is 0.409. The summed E-state index contributed by atoms with van der Waals surface area (Å²) in [6.07, 6.45) is 2.18. The van der Waals surface area contributed by atoms with E-state index in [0.29, 0.717) is 35.5 Å². The molecule has 2 N–H and O–H groups in total. The minimum atomic E-state index is -0.858. The van der Waals surface area contributed by atoms with E-state index in [0.717, 1.165) is 24.2 Å². The van der Waals surface area contributed by atoms with E-state index in [4.69, 9.17) is 30.9 Å². The summed E-state index contributed by atoms with van der Waals surface area (Å²) >= 11 is 7.96. The van der Waals surface area contributed by atoms with Crippen LogP contribution < -0.4 is 19.5 Å². The van der Waals surface area contributed by atoms with Gasteiger partial charge in [-0.25, -0.2) is 0 Å². The summed E-state index contributed by atoms with van der Waals surface area (Å²) in [5, 5.41) is 12.5. The van der Waals surface area contributed by atoms with Gasteiger partial charge in [-0.15, -0.1) is 11.8 Å². The van der Waals surface area contributed by atoms with Crippen molar-refractivity contribution in [2.75, 3.05) is 26.1 Å². The van der Waals surface area contributed by atoms with Crippen molar-refractivity contribution < 1.29 is 24.1 Å². The number of carboxylic acid groups (broad SMARTS) is 1. The van der Waals surface area contributed by atoms with Gasteiger partial charge in [0.25, 0.3) is 0 Å². The molecule has 0 bridgehead atoms. The summed E-state index contributed by atoms with van der Waals surface area (Å²) in [5.74, 6) is 1.38. The first kappa shape index (κ1) is 22.6. The normalized spacial score (nSPS) is 18.2. The molecule has 0 spiro atoms. The molecule has 0 aromatic heterocycles. The Morgan fingerprint density at radius 2 is 1.97 bits per heavy atom. The first-order chi connectivity index (χ1) is 14.5. The lowest BCUT2D eigenvalue weighted by Gasteiger charge is -2.17. The Morgan fingerprint density at radius 1 is 1.23 bits per heavy atom. The molecule has 2 unspecified atom stereocenters. The van der Waals surface area contributed by atoms with Crippen LogP contribution in [0.4, 0.5) is 0 Å². The fourth-order valence-electron chi connectivity index (χ4n) is 3.18. The summed E-state index contributed by atoms with van der Waals surface area (Å²) in [6.45, 7) is 2.84. The van der Waals surface area contributed by atoms with Gasteiger partial charge in [0.2, 0.25) is 0 Å². The van der Waals surface area contributed by atoms with Crippen molar-refractivity contribution in [1.29, 1.82) is 0 Å². The van der Waals surface area contributed by atoms with Gasteiger partial charge < -0.3 is 19.3 Å². The maximum Gasteiger partial charge on any atom is 0.321 e. The van der Waals surface area contributed by atoms with E-state index >= 15 is 0 Å². The van der Waals surface area contributed by atoms with Crippen molar-refractivity contribution in [3.05, 3.63) is 52.5 Å². The smallest absolute Gasteiger partial charge is 0.321 e. The molecule has 2 aromatic rings. The first-order valence-corrected chi connectivity index (χ1v) is 11.3. The monoisotopic (exact) mass is 451 g/mol. The predicted molar refractivity (Wildman–Crippen MR) is 119 cm³/mol.